The van der Waals surface area contributed by atoms with E-state index in [0.717, 1.165) is 5.56 Å². The third kappa shape index (κ3) is 3.01. The Labute approximate surface area is 132 Å². The molecule has 0 saturated heterocycles. The number of carbonyl (C=O) groups excluding carboxylic acids is 1. The van der Waals surface area contributed by atoms with E-state index in [0.29, 0.717) is 17.2 Å². The summed E-state index contributed by atoms with van der Waals surface area (Å²) in [6.07, 6.45) is 1.59. The molecule has 0 saturated carbocycles. The Balaban J connectivity index is 1.93. The SMILES string of the molecule is COc1cccc(/C=C2/Oc3ccc(C(=O)O)cc3NC2=O)c1. The summed E-state index contributed by atoms with van der Waals surface area (Å²) in [7, 11) is 1.56. The van der Waals surface area contributed by atoms with Crippen molar-refractivity contribution in [3.63, 3.8) is 0 Å². The normalized spacial score (nSPS) is 14.7. The minimum atomic E-state index is -1.07. The molecule has 0 aliphatic carbocycles. The molecule has 0 atom stereocenters. The minimum absolute atomic E-state index is 0.0767. The molecular weight excluding hydrogens is 298 g/mol. The van der Waals surface area contributed by atoms with Crippen LogP contribution in [0.2, 0.25) is 0 Å². The highest BCUT2D eigenvalue weighted by Gasteiger charge is 2.23. The van der Waals surface area contributed by atoms with Crippen molar-refractivity contribution in [2.75, 3.05) is 12.4 Å². The van der Waals surface area contributed by atoms with Gasteiger partial charge in [-0.2, -0.15) is 0 Å². The predicted molar refractivity (Wildman–Crippen MR) is 83.6 cm³/mol. The van der Waals surface area contributed by atoms with Crippen molar-refractivity contribution in [2.45, 2.75) is 0 Å². The van der Waals surface area contributed by atoms with Crippen molar-refractivity contribution in [2.24, 2.45) is 0 Å². The Hall–Kier alpha value is -3.28. The highest BCUT2D eigenvalue weighted by atomic mass is 16.5. The van der Waals surface area contributed by atoms with Gasteiger partial charge in [0.15, 0.2) is 11.5 Å². The molecule has 0 radical (unpaired) electrons. The van der Waals surface area contributed by atoms with E-state index in [9.17, 15) is 9.59 Å². The fourth-order valence-electron chi connectivity index (χ4n) is 2.18. The highest BCUT2D eigenvalue weighted by Crippen LogP contribution is 2.32. The van der Waals surface area contributed by atoms with Crippen LogP contribution in [0.25, 0.3) is 6.08 Å². The van der Waals surface area contributed by atoms with E-state index in [2.05, 4.69) is 5.32 Å². The summed E-state index contributed by atoms with van der Waals surface area (Å²) in [5, 5.41) is 11.6. The number of hydrogen-bond acceptors (Lipinski definition) is 4. The van der Waals surface area contributed by atoms with Gasteiger partial charge in [-0.25, -0.2) is 4.79 Å². The zero-order valence-electron chi connectivity index (χ0n) is 12.2. The van der Waals surface area contributed by atoms with Crippen LogP contribution in [0.1, 0.15) is 15.9 Å². The van der Waals surface area contributed by atoms with Crippen LogP contribution in [0.4, 0.5) is 5.69 Å². The number of carboxylic acid groups (broad SMARTS) is 1. The molecule has 0 fully saturated rings. The Bertz CT molecular complexity index is 825. The van der Waals surface area contributed by atoms with E-state index < -0.39 is 11.9 Å². The first-order valence-electron chi connectivity index (χ1n) is 6.79. The maximum Gasteiger partial charge on any atom is 0.335 e. The molecule has 116 valence electrons. The van der Waals surface area contributed by atoms with Gasteiger partial charge in [0.25, 0.3) is 5.91 Å². The fraction of sp³-hybridized carbons (Fsp3) is 0.0588. The average molecular weight is 311 g/mol. The van der Waals surface area contributed by atoms with Gasteiger partial charge < -0.3 is 19.9 Å². The zero-order chi connectivity index (χ0) is 16.4. The third-order valence-corrected chi connectivity index (χ3v) is 3.31. The average Bonchev–Trinajstić information content (AvgIpc) is 2.55. The molecule has 1 aliphatic rings. The Morgan fingerprint density at radius 3 is 2.83 bits per heavy atom. The molecule has 2 aromatic rings. The molecule has 1 amide bonds. The molecule has 6 nitrogen and oxygen atoms in total. The molecule has 0 spiro atoms. The van der Waals surface area contributed by atoms with E-state index in [-0.39, 0.29) is 11.3 Å². The number of amides is 1. The maximum absolute atomic E-state index is 12.1. The number of hydrogen-bond donors (Lipinski definition) is 2. The molecule has 1 aliphatic heterocycles. The van der Waals surface area contributed by atoms with E-state index in [1.807, 2.05) is 6.07 Å². The molecular formula is C17H13NO5. The lowest BCUT2D eigenvalue weighted by Crippen LogP contribution is -2.23. The van der Waals surface area contributed by atoms with Gasteiger partial charge in [0, 0.05) is 0 Å². The number of carbonyl (C=O) groups is 2. The molecule has 1 heterocycles. The van der Waals surface area contributed by atoms with Gasteiger partial charge in [0.1, 0.15) is 5.75 Å². The maximum atomic E-state index is 12.1. The van der Waals surface area contributed by atoms with E-state index in [4.69, 9.17) is 14.6 Å². The molecule has 2 aromatic carbocycles. The number of fused-ring (bicyclic) bond motifs is 1. The quantitative estimate of drug-likeness (QED) is 0.851. The van der Waals surface area contributed by atoms with Crippen LogP contribution < -0.4 is 14.8 Å². The number of anilines is 1. The van der Waals surface area contributed by atoms with Crippen LogP contribution in [-0.4, -0.2) is 24.1 Å². The molecule has 0 bridgehead atoms. The summed E-state index contributed by atoms with van der Waals surface area (Å²) in [6.45, 7) is 0. The first-order chi connectivity index (χ1) is 11.1. The summed E-state index contributed by atoms with van der Waals surface area (Å²) in [6, 6.07) is 11.5. The Morgan fingerprint density at radius 2 is 2.09 bits per heavy atom. The molecule has 6 heteroatoms. The summed E-state index contributed by atoms with van der Waals surface area (Å²) < 4.78 is 10.7. The number of carboxylic acids is 1. The van der Waals surface area contributed by atoms with Gasteiger partial charge in [-0.15, -0.1) is 0 Å². The van der Waals surface area contributed by atoms with Crippen molar-refractivity contribution >= 4 is 23.6 Å². The monoisotopic (exact) mass is 311 g/mol. The van der Waals surface area contributed by atoms with Gasteiger partial charge in [-0.05, 0) is 42.0 Å². The lowest BCUT2D eigenvalue weighted by molar-refractivity contribution is -0.115. The lowest BCUT2D eigenvalue weighted by atomic mass is 10.1. The number of ether oxygens (including phenoxy) is 2. The van der Waals surface area contributed by atoms with Gasteiger partial charge in [0.2, 0.25) is 0 Å². The van der Waals surface area contributed by atoms with Gasteiger partial charge in [0.05, 0.1) is 18.4 Å². The lowest BCUT2D eigenvalue weighted by Gasteiger charge is -2.20. The smallest absolute Gasteiger partial charge is 0.335 e. The Morgan fingerprint density at radius 1 is 1.26 bits per heavy atom. The number of nitrogens with one attached hydrogen (secondary N) is 1. The standard InChI is InChI=1S/C17H13NO5/c1-22-12-4-2-3-10(7-12)8-15-16(19)18-13-9-11(17(20)21)5-6-14(13)23-15/h2-9H,1H3,(H,18,19)(H,20,21)/b15-8+. The van der Waals surface area contributed by atoms with Crippen molar-refractivity contribution in [3.05, 3.63) is 59.4 Å². The van der Waals surface area contributed by atoms with Crippen LogP contribution in [0.3, 0.4) is 0 Å². The first-order valence-corrected chi connectivity index (χ1v) is 6.79. The van der Waals surface area contributed by atoms with Crippen molar-refractivity contribution in [3.8, 4) is 11.5 Å². The minimum Gasteiger partial charge on any atom is -0.497 e. The second kappa shape index (κ2) is 5.84. The van der Waals surface area contributed by atoms with Gasteiger partial charge in [-0.3, -0.25) is 4.79 Å². The van der Waals surface area contributed by atoms with E-state index in [1.54, 1.807) is 31.4 Å². The third-order valence-electron chi connectivity index (χ3n) is 3.31. The number of methoxy groups -OCH3 is 1. The first kappa shape index (κ1) is 14.6. The van der Waals surface area contributed by atoms with Crippen molar-refractivity contribution < 1.29 is 24.2 Å². The topological polar surface area (TPSA) is 84.9 Å². The van der Waals surface area contributed by atoms with E-state index >= 15 is 0 Å². The summed E-state index contributed by atoms with van der Waals surface area (Å²) in [4.78, 5) is 23.1. The van der Waals surface area contributed by atoms with Crippen LogP contribution in [0.5, 0.6) is 11.5 Å². The molecule has 3 rings (SSSR count). The predicted octanol–water partition coefficient (Wildman–Crippen LogP) is 2.77. The van der Waals surface area contributed by atoms with E-state index in [1.165, 1.54) is 18.2 Å². The van der Waals surface area contributed by atoms with Gasteiger partial charge in [-0.1, -0.05) is 12.1 Å². The number of benzene rings is 2. The van der Waals surface area contributed by atoms with Gasteiger partial charge >= 0.3 is 5.97 Å². The second-order valence-electron chi connectivity index (χ2n) is 4.86. The van der Waals surface area contributed by atoms with Crippen LogP contribution >= 0.6 is 0 Å². The molecule has 2 N–H and O–H groups in total. The van der Waals surface area contributed by atoms with Crippen LogP contribution in [0.15, 0.2) is 48.2 Å². The highest BCUT2D eigenvalue weighted by molar-refractivity contribution is 6.08. The Kier molecular flexibility index (Phi) is 3.72. The molecule has 23 heavy (non-hydrogen) atoms. The summed E-state index contributed by atoms with van der Waals surface area (Å²) in [5.41, 5.74) is 1.16. The van der Waals surface area contributed by atoms with Crippen LogP contribution in [0, 0.1) is 0 Å². The van der Waals surface area contributed by atoms with Crippen LogP contribution in [-0.2, 0) is 4.79 Å². The van der Waals surface area contributed by atoms with Crippen molar-refractivity contribution in [1.29, 1.82) is 0 Å². The van der Waals surface area contributed by atoms with Crippen molar-refractivity contribution in [1.82, 2.24) is 0 Å². The number of rotatable bonds is 3. The number of aromatic carboxylic acids is 1. The summed E-state index contributed by atoms with van der Waals surface area (Å²) in [5.74, 6) is -0.331. The molecule has 0 unspecified atom stereocenters. The largest absolute Gasteiger partial charge is 0.497 e. The summed E-state index contributed by atoms with van der Waals surface area (Å²) >= 11 is 0. The molecule has 0 aromatic heterocycles. The fourth-order valence-corrected chi connectivity index (χ4v) is 2.18. The second-order valence-corrected chi connectivity index (χ2v) is 4.86. The zero-order valence-corrected chi connectivity index (χ0v) is 12.2.